The molecule has 2 unspecified atom stereocenters. The fourth-order valence-corrected chi connectivity index (χ4v) is 1.08. The Hall–Kier alpha value is -1.10. The summed E-state index contributed by atoms with van der Waals surface area (Å²) in [6.07, 6.45) is 0.392. The summed E-state index contributed by atoms with van der Waals surface area (Å²) in [6.45, 7) is 0. The first-order valence-corrected chi connectivity index (χ1v) is 3.25. The summed E-state index contributed by atoms with van der Waals surface area (Å²) < 4.78 is 0. The van der Waals surface area contributed by atoms with Crippen LogP contribution in [0, 0.1) is 11.8 Å². The van der Waals surface area contributed by atoms with Crippen molar-refractivity contribution in [3.63, 3.8) is 0 Å². The Morgan fingerprint density at radius 3 is 2.27 bits per heavy atom. The molecule has 0 aromatic rings. The van der Waals surface area contributed by atoms with Crippen LogP contribution in [0.25, 0.3) is 0 Å². The minimum Gasteiger partial charge on any atom is -0.481 e. The van der Waals surface area contributed by atoms with E-state index in [1.54, 1.807) is 0 Å². The molecule has 0 spiro atoms. The maximum absolute atomic E-state index is 10.3. The zero-order valence-electron chi connectivity index (χ0n) is 5.73. The molecule has 62 valence electrons. The largest absolute Gasteiger partial charge is 0.481 e. The van der Waals surface area contributed by atoms with Crippen LogP contribution in [-0.2, 0) is 9.59 Å². The van der Waals surface area contributed by atoms with Crippen LogP contribution in [0.15, 0.2) is 0 Å². The first kappa shape index (κ1) is 8.00. The Labute approximate surface area is 62.8 Å². The van der Waals surface area contributed by atoms with E-state index in [1.165, 1.54) is 0 Å². The minimum atomic E-state index is -1.13. The van der Waals surface area contributed by atoms with E-state index in [0.29, 0.717) is 6.42 Å². The van der Waals surface area contributed by atoms with Crippen molar-refractivity contribution in [3.05, 3.63) is 0 Å². The molecule has 4 N–H and O–H groups in total. The summed E-state index contributed by atoms with van der Waals surface area (Å²) in [6, 6.07) is -1.02. The van der Waals surface area contributed by atoms with Gasteiger partial charge in [0.15, 0.2) is 0 Å². The third-order valence-electron chi connectivity index (χ3n) is 1.90. The van der Waals surface area contributed by atoms with Crippen molar-refractivity contribution in [2.45, 2.75) is 12.5 Å². The number of aliphatic carboxylic acids is 2. The molecule has 0 heterocycles. The Morgan fingerprint density at radius 1 is 1.45 bits per heavy atom. The van der Waals surface area contributed by atoms with E-state index in [-0.39, 0.29) is 5.92 Å². The summed E-state index contributed by atoms with van der Waals surface area (Å²) in [5.74, 6) is -2.99. The predicted octanol–water partition coefficient (Wildman–Crippen LogP) is -0.881. The number of carboxylic acid groups (broad SMARTS) is 2. The highest BCUT2D eigenvalue weighted by Gasteiger charge is 2.49. The van der Waals surface area contributed by atoms with Crippen molar-refractivity contribution in [1.29, 1.82) is 0 Å². The van der Waals surface area contributed by atoms with E-state index in [1.807, 2.05) is 0 Å². The van der Waals surface area contributed by atoms with E-state index >= 15 is 0 Å². The summed E-state index contributed by atoms with van der Waals surface area (Å²) in [5.41, 5.74) is 5.19. The van der Waals surface area contributed by atoms with Crippen LogP contribution in [0.5, 0.6) is 0 Å². The Bertz CT molecular complexity index is 203. The van der Waals surface area contributed by atoms with E-state index in [4.69, 9.17) is 15.9 Å². The van der Waals surface area contributed by atoms with Crippen molar-refractivity contribution in [3.8, 4) is 0 Å². The van der Waals surface area contributed by atoms with E-state index < -0.39 is 23.9 Å². The third-order valence-corrected chi connectivity index (χ3v) is 1.90. The molecule has 0 aliphatic heterocycles. The van der Waals surface area contributed by atoms with Gasteiger partial charge in [0.2, 0.25) is 0 Å². The molecule has 1 fully saturated rings. The molecule has 0 bridgehead atoms. The standard InChI is InChI=1S/C6H9NO4/c7-4(6(10)11)2-1-3(2)5(8)9/h2-4H,1,7H2,(H,8,9)(H,10,11)/t2-,3?,4?/m0/s1. The van der Waals surface area contributed by atoms with Crippen molar-refractivity contribution < 1.29 is 19.8 Å². The zero-order chi connectivity index (χ0) is 8.59. The van der Waals surface area contributed by atoms with Gasteiger partial charge in [0, 0.05) is 0 Å². The van der Waals surface area contributed by atoms with Crippen LogP contribution >= 0.6 is 0 Å². The maximum atomic E-state index is 10.3. The Balaban J connectivity index is 2.43. The Morgan fingerprint density at radius 2 is 2.00 bits per heavy atom. The molecule has 0 aromatic carbocycles. The Kier molecular flexibility index (Phi) is 1.82. The molecule has 5 nitrogen and oxygen atoms in total. The smallest absolute Gasteiger partial charge is 0.320 e. The molecule has 0 radical (unpaired) electrons. The lowest BCUT2D eigenvalue weighted by atomic mass is 10.1. The number of nitrogens with two attached hydrogens (primary N) is 1. The summed E-state index contributed by atoms with van der Waals surface area (Å²) in [4.78, 5) is 20.5. The maximum Gasteiger partial charge on any atom is 0.320 e. The van der Waals surface area contributed by atoms with Crippen LogP contribution in [0.4, 0.5) is 0 Å². The number of rotatable bonds is 3. The molecule has 1 aliphatic carbocycles. The van der Waals surface area contributed by atoms with Crippen LogP contribution in [-0.4, -0.2) is 28.2 Å². The van der Waals surface area contributed by atoms with Gasteiger partial charge < -0.3 is 15.9 Å². The van der Waals surface area contributed by atoms with Crippen LogP contribution < -0.4 is 5.73 Å². The highest BCUT2D eigenvalue weighted by Crippen LogP contribution is 2.40. The van der Waals surface area contributed by atoms with Gasteiger partial charge in [-0.3, -0.25) is 9.59 Å². The number of hydrogen-bond donors (Lipinski definition) is 3. The molecule has 0 saturated heterocycles. The van der Waals surface area contributed by atoms with E-state index in [0.717, 1.165) is 0 Å². The SMILES string of the molecule is NC(C(=O)O)[C@H]1CC1C(=O)O. The molecule has 11 heavy (non-hydrogen) atoms. The van der Waals surface area contributed by atoms with Crippen molar-refractivity contribution in [2.75, 3.05) is 0 Å². The molecule has 1 rings (SSSR count). The first-order valence-electron chi connectivity index (χ1n) is 3.25. The van der Waals surface area contributed by atoms with Gasteiger partial charge in [-0.15, -0.1) is 0 Å². The van der Waals surface area contributed by atoms with Gasteiger partial charge in [0.05, 0.1) is 5.92 Å². The lowest BCUT2D eigenvalue weighted by Gasteiger charge is -2.01. The minimum absolute atomic E-state index is 0.370. The molecule has 1 aliphatic rings. The second-order valence-corrected chi connectivity index (χ2v) is 2.71. The van der Waals surface area contributed by atoms with Crippen molar-refractivity contribution in [1.82, 2.24) is 0 Å². The average molecular weight is 159 g/mol. The highest BCUT2D eigenvalue weighted by molar-refractivity contribution is 5.79. The van der Waals surface area contributed by atoms with E-state index in [9.17, 15) is 9.59 Å². The number of carboxylic acids is 2. The zero-order valence-corrected chi connectivity index (χ0v) is 5.73. The fraction of sp³-hybridized carbons (Fsp3) is 0.667. The fourth-order valence-electron chi connectivity index (χ4n) is 1.08. The summed E-state index contributed by atoms with van der Waals surface area (Å²) in [5, 5.41) is 16.8. The topological polar surface area (TPSA) is 101 Å². The van der Waals surface area contributed by atoms with Crippen LogP contribution in [0.3, 0.4) is 0 Å². The van der Waals surface area contributed by atoms with Gasteiger partial charge in [-0.2, -0.15) is 0 Å². The quantitative estimate of drug-likeness (QED) is 0.496. The average Bonchev–Trinajstić information content (AvgIpc) is 2.63. The van der Waals surface area contributed by atoms with Gasteiger partial charge in [-0.25, -0.2) is 0 Å². The lowest BCUT2D eigenvalue weighted by molar-refractivity contribution is -0.140. The van der Waals surface area contributed by atoms with E-state index in [2.05, 4.69) is 0 Å². The van der Waals surface area contributed by atoms with Gasteiger partial charge in [-0.05, 0) is 12.3 Å². The normalized spacial score (nSPS) is 31.0. The monoisotopic (exact) mass is 159 g/mol. The van der Waals surface area contributed by atoms with Gasteiger partial charge in [-0.1, -0.05) is 0 Å². The molecule has 0 amide bonds. The van der Waals surface area contributed by atoms with Gasteiger partial charge in [0.1, 0.15) is 6.04 Å². The summed E-state index contributed by atoms with van der Waals surface area (Å²) in [7, 11) is 0. The number of carbonyl (C=O) groups is 2. The number of hydrogen-bond acceptors (Lipinski definition) is 3. The van der Waals surface area contributed by atoms with Crippen LogP contribution in [0.2, 0.25) is 0 Å². The van der Waals surface area contributed by atoms with Crippen molar-refractivity contribution in [2.24, 2.45) is 17.6 Å². The molecule has 0 aromatic heterocycles. The third kappa shape index (κ3) is 1.48. The van der Waals surface area contributed by atoms with Gasteiger partial charge >= 0.3 is 11.9 Å². The lowest BCUT2D eigenvalue weighted by Crippen LogP contribution is -2.33. The molecule has 1 saturated carbocycles. The van der Waals surface area contributed by atoms with Crippen LogP contribution in [0.1, 0.15) is 6.42 Å². The second kappa shape index (κ2) is 2.50. The highest BCUT2D eigenvalue weighted by atomic mass is 16.4. The van der Waals surface area contributed by atoms with Gasteiger partial charge in [0.25, 0.3) is 0 Å². The van der Waals surface area contributed by atoms with Crippen molar-refractivity contribution >= 4 is 11.9 Å². The molecular weight excluding hydrogens is 150 g/mol. The second-order valence-electron chi connectivity index (χ2n) is 2.71. The summed E-state index contributed by atoms with van der Waals surface area (Å²) >= 11 is 0. The molecule has 5 heteroatoms. The predicted molar refractivity (Wildman–Crippen MR) is 34.8 cm³/mol. The first-order chi connectivity index (χ1) is 5.04. The molecule has 3 atom stereocenters. The molecular formula is C6H9NO4.